The molecule has 0 aliphatic heterocycles. The molecule has 0 bridgehead atoms. The molecule has 0 spiro atoms. The van der Waals surface area contributed by atoms with E-state index in [1.54, 1.807) is 6.20 Å². The largest absolute Gasteiger partial charge is 0.330 e. The van der Waals surface area contributed by atoms with Gasteiger partial charge in [0.2, 0.25) is 0 Å². The molecule has 2 N–H and O–H groups in total. The Hall–Kier alpha value is -0.410. The summed E-state index contributed by atoms with van der Waals surface area (Å²) in [6.45, 7) is 4.79. The number of aromatic nitrogens is 1. The molecular weight excluding hydrogens is 216 g/mol. The Kier molecular flexibility index (Phi) is 2.85. The molecule has 1 aromatic heterocycles. The highest BCUT2D eigenvalue weighted by atomic mass is 79.9. The summed E-state index contributed by atoms with van der Waals surface area (Å²) in [5.41, 5.74) is 6.63. The molecule has 0 amide bonds. The first kappa shape index (κ1) is 9.68. The molecule has 1 aromatic rings. The Labute approximate surface area is 81.3 Å². The summed E-state index contributed by atoms with van der Waals surface area (Å²) in [5, 5.41) is 0. The summed E-state index contributed by atoms with van der Waals surface area (Å²) in [7, 11) is 0. The highest BCUT2D eigenvalue weighted by molar-refractivity contribution is 9.10. The lowest BCUT2D eigenvalue weighted by Crippen LogP contribution is -2.29. The fourth-order valence-electron chi connectivity index (χ4n) is 0.881. The van der Waals surface area contributed by atoms with Gasteiger partial charge in [0.05, 0.1) is 0 Å². The second-order valence-electron chi connectivity index (χ2n) is 3.45. The molecule has 0 fully saturated rings. The summed E-state index contributed by atoms with van der Waals surface area (Å²) < 4.78 is 0.999. The number of hydrogen-bond donors (Lipinski definition) is 1. The third-order valence-corrected chi connectivity index (χ3v) is 2.40. The van der Waals surface area contributed by atoms with Gasteiger partial charge < -0.3 is 5.73 Å². The SMILES string of the molecule is CC(C)(CN)c1ccc(Br)cn1. The lowest BCUT2D eigenvalue weighted by molar-refractivity contribution is 0.521. The van der Waals surface area contributed by atoms with E-state index in [4.69, 9.17) is 5.73 Å². The number of nitrogens with zero attached hydrogens (tertiary/aromatic N) is 1. The van der Waals surface area contributed by atoms with Gasteiger partial charge in [0.1, 0.15) is 0 Å². The molecular formula is C9H13BrN2. The molecule has 0 aromatic carbocycles. The first-order chi connectivity index (χ1) is 5.56. The summed E-state index contributed by atoms with van der Waals surface area (Å²) in [6.07, 6.45) is 1.80. The standard InChI is InChI=1S/C9H13BrN2/c1-9(2,6-11)8-4-3-7(10)5-12-8/h3-5H,6,11H2,1-2H3. The molecule has 0 unspecified atom stereocenters. The van der Waals surface area contributed by atoms with Crippen LogP contribution >= 0.6 is 15.9 Å². The smallest absolute Gasteiger partial charge is 0.0473 e. The number of nitrogens with two attached hydrogens (primary N) is 1. The van der Waals surface area contributed by atoms with E-state index < -0.39 is 0 Å². The third-order valence-electron chi connectivity index (χ3n) is 1.93. The van der Waals surface area contributed by atoms with Crippen LogP contribution in [0, 0.1) is 0 Å². The van der Waals surface area contributed by atoms with Crippen LogP contribution in [-0.2, 0) is 5.41 Å². The Morgan fingerprint density at radius 1 is 1.50 bits per heavy atom. The molecule has 0 saturated carbocycles. The second-order valence-corrected chi connectivity index (χ2v) is 4.37. The van der Waals surface area contributed by atoms with E-state index >= 15 is 0 Å². The van der Waals surface area contributed by atoms with Gasteiger partial charge in [-0.25, -0.2) is 0 Å². The molecule has 3 heteroatoms. The van der Waals surface area contributed by atoms with Gasteiger partial charge in [0.15, 0.2) is 0 Å². The van der Waals surface area contributed by atoms with Gasteiger partial charge in [0.25, 0.3) is 0 Å². The van der Waals surface area contributed by atoms with E-state index in [1.165, 1.54) is 0 Å². The van der Waals surface area contributed by atoms with Crippen LogP contribution in [-0.4, -0.2) is 11.5 Å². The maximum atomic E-state index is 5.62. The summed E-state index contributed by atoms with van der Waals surface area (Å²) in [5.74, 6) is 0. The number of halogens is 1. The zero-order valence-electron chi connectivity index (χ0n) is 7.34. The Bertz CT molecular complexity index is 254. The van der Waals surface area contributed by atoms with E-state index in [-0.39, 0.29) is 5.41 Å². The van der Waals surface area contributed by atoms with E-state index in [2.05, 4.69) is 34.8 Å². The van der Waals surface area contributed by atoms with Crippen LogP contribution < -0.4 is 5.73 Å². The quantitative estimate of drug-likeness (QED) is 0.843. The average Bonchev–Trinajstić information content (AvgIpc) is 2.05. The molecule has 2 nitrogen and oxygen atoms in total. The maximum Gasteiger partial charge on any atom is 0.0473 e. The Balaban J connectivity index is 2.96. The van der Waals surface area contributed by atoms with Gasteiger partial charge in [-0.1, -0.05) is 13.8 Å². The summed E-state index contributed by atoms with van der Waals surface area (Å²) >= 11 is 3.34. The molecule has 0 aliphatic carbocycles. The second kappa shape index (κ2) is 3.54. The van der Waals surface area contributed by atoms with Crippen molar-refractivity contribution in [3.8, 4) is 0 Å². The Morgan fingerprint density at radius 2 is 2.17 bits per heavy atom. The number of hydrogen-bond acceptors (Lipinski definition) is 2. The van der Waals surface area contributed by atoms with Crippen molar-refractivity contribution < 1.29 is 0 Å². The van der Waals surface area contributed by atoms with E-state index in [0.29, 0.717) is 6.54 Å². The van der Waals surface area contributed by atoms with Gasteiger partial charge in [-0.3, -0.25) is 4.98 Å². The molecule has 1 rings (SSSR count). The van der Waals surface area contributed by atoms with Crippen LogP contribution in [0.5, 0.6) is 0 Å². The van der Waals surface area contributed by atoms with Gasteiger partial charge in [-0.15, -0.1) is 0 Å². The predicted molar refractivity (Wildman–Crippen MR) is 54.0 cm³/mol. The highest BCUT2D eigenvalue weighted by Gasteiger charge is 2.19. The van der Waals surface area contributed by atoms with Gasteiger partial charge >= 0.3 is 0 Å². The van der Waals surface area contributed by atoms with E-state index in [0.717, 1.165) is 10.2 Å². The first-order valence-corrected chi connectivity index (χ1v) is 4.67. The van der Waals surface area contributed by atoms with Crippen LogP contribution in [0.25, 0.3) is 0 Å². The van der Waals surface area contributed by atoms with Gasteiger partial charge in [0, 0.05) is 28.3 Å². The lowest BCUT2D eigenvalue weighted by Gasteiger charge is -2.21. The highest BCUT2D eigenvalue weighted by Crippen LogP contribution is 2.20. The van der Waals surface area contributed by atoms with Crippen molar-refractivity contribution in [3.05, 3.63) is 28.5 Å². The van der Waals surface area contributed by atoms with E-state index in [1.807, 2.05) is 12.1 Å². The normalized spacial score (nSPS) is 11.7. The van der Waals surface area contributed by atoms with Gasteiger partial charge in [-0.2, -0.15) is 0 Å². The minimum Gasteiger partial charge on any atom is -0.330 e. The summed E-state index contributed by atoms with van der Waals surface area (Å²) in [4.78, 5) is 4.29. The molecule has 66 valence electrons. The molecule has 0 saturated heterocycles. The fourth-order valence-corrected chi connectivity index (χ4v) is 1.12. The third kappa shape index (κ3) is 2.05. The van der Waals surface area contributed by atoms with Crippen molar-refractivity contribution in [1.29, 1.82) is 0 Å². The topological polar surface area (TPSA) is 38.9 Å². The maximum absolute atomic E-state index is 5.62. The van der Waals surface area contributed by atoms with Gasteiger partial charge in [-0.05, 0) is 28.1 Å². The molecule has 12 heavy (non-hydrogen) atoms. The van der Waals surface area contributed by atoms with Crippen molar-refractivity contribution >= 4 is 15.9 Å². The van der Waals surface area contributed by atoms with Crippen molar-refractivity contribution in [2.24, 2.45) is 5.73 Å². The predicted octanol–water partition coefficient (Wildman–Crippen LogP) is 2.08. The minimum atomic E-state index is -0.0271. The van der Waals surface area contributed by atoms with Crippen molar-refractivity contribution in [3.63, 3.8) is 0 Å². The van der Waals surface area contributed by atoms with Crippen LogP contribution in [0.15, 0.2) is 22.8 Å². The molecule has 0 radical (unpaired) electrons. The fraction of sp³-hybridized carbons (Fsp3) is 0.444. The number of pyridine rings is 1. The minimum absolute atomic E-state index is 0.0271. The number of rotatable bonds is 2. The molecule has 0 aliphatic rings. The van der Waals surface area contributed by atoms with Crippen LogP contribution in [0.1, 0.15) is 19.5 Å². The molecule has 1 heterocycles. The van der Waals surface area contributed by atoms with Crippen LogP contribution in [0.2, 0.25) is 0 Å². The lowest BCUT2D eigenvalue weighted by atomic mass is 9.89. The van der Waals surface area contributed by atoms with Crippen molar-refractivity contribution in [2.45, 2.75) is 19.3 Å². The van der Waals surface area contributed by atoms with Crippen molar-refractivity contribution in [1.82, 2.24) is 4.98 Å². The van der Waals surface area contributed by atoms with Crippen LogP contribution in [0.3, 0.4) is 0 Å². The average molecular weight is 229 g/mol. The zero-order valence-corrected chi connectivity index (χ0v) is 8.93. The van der Waals surface area contributed by atoms with E-state index in [9.17, 15) is 0 Å². The van der Waals surface area contributed by atoms with Crippen LogP contribution in [0.4, 0.5) is 0 Å². The zero-order chi connectivity index (χ0) is 9.19. The first-order valence-electron chi connectivity index (χ1n) is 3.88. The monoisotopic (exact) mass is 228 g/mol. The van der Waals surface area contributed by atoms with Crippen molar-refractivity contribution in [2.75, 3.05) is 6.54 Å². The Morgan fingerprint density at radius 3 is 2.58 bits per heavy atom. The molecule has 0 atom stereocenters. The summed E-state index contributed by atoms with van der Waals surface area (Å²) in [6, 6.07) is 3.98.